The SMILES string of the molecule is C[C](CF)c1ccc(I)c(F)c1. The van der Waals surface area contributed by atoms with Crippen molar-refractivity contribution in [1.82, 2.24) is 0 Å². The van der Waals surface area contributed by atoms with Crippen LogP contribution < -0.4 is 0 Å². The molecule has 0 aromatic heterocycles. The van der Waals surface area contributed by atoms with Gasteiger partial charge < -0.3 is 0 Å². The highest BCUT2D eigenvalue weighted by atomic mass is 127. The van der Waals surface area contributed by atoms with Gasteiger partial charge in [0, 0.05) is 9.49 Å². The van der Waals surface area contributed by atoms with E-state index in [1.807, 2.05) is 22.6 Å². The molecule has 0 saturated carbocycles. The molecule has 1 aromatic rings. The summed E-state index contributed by atoms with van der Waals surface area (Å²) in [5.74, 6) is 0.270. The number of benzene rings is 1. The van der Waals surface area contributed by atoms with Crippen LogP contribution in [-0.4, -0.2) is 6.67 Å². The quantitative estimate of drug-likeness (QED) is 0.729. The van der Waals surface area contributed by atoms with Crippen LogP contribution in [0, 0.1) is 15.3 Å². The minimum absolute atomic E-state index is 0.291. The van der Waals surface area contributed by atoms with E-state index in [-0.39, 0.29) is 5.82 Å². The maximum absolute atomic E-state index is 12.9. The average Bonchev–Trinajstić information content (AvgIpc) is 2.08. The Balaban J connectivity index is 2.96. The fourth-order valence-corrected chi connectivity index (χ4v) is 1.17. The fourth-order valence-electron chi connectivity index (χ4n) is 0.839. The van der Waals surface area contributed by atoms with Crippen LogP contribution in [0.25, 0.3) is 0 Å². The molecule has 1 aromatic carbocycles. The van der Waals surface area contributed by atoms with Crippen molar-refractivity contribution < 1.29 is 8.78 Å². The second-order valence-corrected chi connectivity index (χ2v) is 3.71. The second-order valence-electron chi connectivity index (χ2n) is 2.54. The molecular weight excluding hydrogens is 273 g/mol. The molecule has 0 heterocycles. The number of hydrogen-bond acceptors (Lipinski definition) is 0. The van der Waals surface area contributed by atoms with Crippen molar-refractivity contribution in [2.45, 2.75) is 6.92 Å². The standard InChI is InChI=1S/C9H8F2I/c1-6(5-10)7-2-3-9(12)8(11)4-7/h2-4H,5H2,1H3. The lowest BCUT2D eigenvalue weighted by Gasteiger charge is -2.06. The molecule has 0 aliphatic carbocycles. The van der Waals surface area contributed by atoms with Crippen LogP contribution >= 0.6 is 22.6 Å². The van der Waals surface area contributed by atoms with E-state index in [0.717, 1.165) is 0 Å². The number of hydrogen-bond donors (Lipinski definition) is 0. The van der Waals surface area contributed by atoms with E-state index < -0.39 is 6.67 Å². The predicted molar refractivity (Wildman–Crippen MR) is 53.1 cm³/mol. The predicted octanol–water partition coefficient (Wildman–Crippen LogP) is 3.34. The Labute approximate surface area is 84.1 Å². The van der Waals surface area contributed by atoms with Crippen LogP contribution in [0.3, 0.4) is 0 Å². The lowest BCUT2D eigenvalue weighted by molar-refractivity contribution is 0.515. The normalized spacial score (nSPS) is 10.8. The zero-order valence-corrected chi connectivity index (χ0v) is 8.73. The van der Waals surface area contributed by atoms with Gasteiger partial charge in [0.25, 0.3) is 0 Å². The summed E-state index contributed by atoms with van der Waals surface area (Å²) in [5, 5.41) is 0. The smallest absolute Gasteiger partial charge is 0.136 e. The van der Waals surface area contributed by atoms with Gasteiger partial charge in [-0.15, -0.1) is 0 Å². The molecule has 65 valence electrons. The van der Waals surface area contributed by atoms with E-state index in [9.17, 15) is 8.78 Å². The lowest BCUT2D eigenvalue weighted by Crippen LogP contribution is -1.97. The summed E-state index contributed by atoms with van der Waals surface area (Å²) in [6.07, 6.45) is 0. The molecule has 0 spiro atoms. The number of rotatable bonds is 2. The molecule has 0 aliphatic rings. The van der Waals surface area contributed by atoms with Gasteiger partial charge in [0.05, 0.1) is 6.67 Å². The highest BCUT2D eigenvalue weighted by Gasteiger charge is 2.07. The molecule has 12 heavy (non-hydrogen) atoms. The molecule has 1 radical (unpaired) electrons. The third-order valence-electron chi connectivity index (χ3n) is 1.61. The number of halogens is 3. The molecule has 0 saturated heterocycles. The molecule has 0 nitrogen and oxygen atoms in total. The van der Waals surface area contributed by atoms with Gasteiger partial charge in [-0.3, -0.25) is 4.39 Å². The zero-order valence-electron chi connectivity index (χ0n) is 6.57. The summed E-state index contributed by atoms with van der Waals surface area (Å²) in [5.41, 5.74) is 0.635. The van der Waals surface area contributed by atoms with Gasteiger partial charge in [-0.25, -0.2) is 4.39 Å². The summed E-state index contributed by atoms with van der Waals surface area (Å²) < 4.78 is 25.6. The maximum Gasteiger partial charge on any atom is 0.136 e. The highest BCUT2D eigenvalue weighted by Crippen LogP contribution is 2.19. The first-order valence-corrected chi connectivity index (χ1v) is 4.57. The summed E-state index contributed by atoms with van der Waals surface area (Å²) in [6.45, 7) is 1.13. The van der Waals surface area contributed by atoms with Crippen molar-refractivity contribution in [3.63, 3.8) is 0 Å². The molecule has 0 unspecified atom stereocenters. The van der Waals surface area contributed by atoms with Crippen LogP contribution in [0.4, 0.5) is 8.78 Å². The molecule has 0 fully saturated rings. The van der Waals surface area contributed by atoms with Gasteiger partial charge in [0.15, 0.2) is 0 Å². The van der Waals surface area contributed by atoms with Gasteiger partial charge in [0.2, 0.25) is 0 Å². The van der Waals surface area contributed by atoms with E-state index in [0.29, 0.717) is 15.1 Å². The van der Waals surface area contributed by atoms with E-state index in [1.165, 1.54) is 6.07 Å². The topological polar surface area (TPSA) is 0 Å². The van der Waals surface area contributed by atoms with Crippen molar-refractivity contribution in [2.75, 3.05) is 6.67 Å². The summed E-state index contributed by atoms with van der Waals surface area (Å²) in [6, 6.07) is 4.72. The minimum Gasteiger partial charge on any atom is -0.250 e. The van der Waals surface area contributed by atoms with E-state index >= 15 is 0 Å². The molecule has 0 N–H and O–H groups in total. The molecular formula is C9H8F2I. The van der Waals surface area contributed by atoms with E-state index in [1.54, 1.807) is 19.1 Å². The molecule has 0 aliphatic heterocycles. The van der Waals surface area contributed by atoms with Crippen LogP contribution in [0.2, 0.25) is 0 Å². The largest absolute Gasteiger partial charge is 0.250 e. The van der Waals surface area contributed by atoms with Gasteiger partial charge in [-0.1, -0.05) is 13.0 Å². The van der Waals surface area contributed by atoms with Crippen LogP contribution in [0.15, 0.2) is 18.2 Å². The van der Waals surface area contributed by atoms with E-state index in [2.05, 4.69) is 0 Å². The minimum atomic E-state index is -0.528. The molecule has 3 heteroatoms. The van der Waals surface area contributed by atoms with Crippen molar-refractivity contribution in [1.29, 1.82) is 0 Å². The lowest BCUT2D eigenvalue weighted by atomic mass is 10.0. The Kier molecular flexibility index (Phi) is 3.43. The molecule has 0 atom stereocenters. The number of alkyl halides is 1. The Morgan fingerprint density at radius 2 is 2.17 bits per heavy atom. The summed E-state index contributed by atoms with van der Waals surface area (Å²) in [7, 11) is 0. The van der Waals surface area contributed by atoms with Crippen molar-refractivity contribution in [3.8, 4) is 0 Å². The summed E-state index contributed by atoms with van der Waals surface area (Å²) in [4.78, 5) is 0. The Morgan fingerprint density at radius 3 is 2.67 bits per heavy atom. The molecule has 0 bridgehead atoms. The monoisotopic (exact) mass is 281 g/mol. The van der Waals surface area contributed by atoms with Gasteiger partial charge in [-0.05, 0) is 40.3 Å². The fraction of sp³-hybridized carbons (Fsp3) is 0.222. The maximum atomic E-state index is 12.9. The zero-order chi connectivity index (χ0) is 9.14. The average molecular weight is 281 g/mol. The first-order valence-electron chi connectivity index (χ1n) is 3.49. The van der Waals surface area contributed by atoms with Crippen LogP contribution in [0.5, 0.6) is 0 Å². The van der Waals surface area contributed by atoms with Crippen molar-refractivity contribution >= 4 is 22.6 Å². The van der Waals surface area contributed by atoms with E-state index in [4.69, 9.17) is 0 Å². The van der Waals surface area contributed by atoms with Gasteiger partial charge >= 0.3 is 0 Å². The highest BCUT2D eigenvalue weighted by molar-refractivity contribution is 14.1. The first kappa shape index (κ1) is 9.89. The third-order valence-corrected chi connectivity index (χ3v) is 2.49. The third kappa shape index (κ3) is 2.15. The first-order chi connectivity index (χ1) is 5.65. The summed E-state index contributed by atoms with van der Waals surface area (Å²) >= 11 is 1.90. The Hall–Kier alpha value is -0.190. The molecule has 1 rings (SSSR count). The van der Waals surface area contributed by atoms with Crippen LogP contribution in [0.1, 0.15) is 12.5 Å². The van der Waals surface area contributed by atoms with Crippen LogP contribution in [-0.2, 0) is 0 Å². The Morgan fingerprint density at radius 1 is 1.50 bits per heavy atom. The second kappa shape index (κ2) is 4.16. The van der Waals surface area contributed by atoms with Crippen molar-refractivity contribution in [3.05, 3.63) is 39.1 Å². The molecule has 0 amide bonds. The Bertz CT molecular complexity index is 273. The van der Waals surface area contributed by atoms with Gasteiger partial charge in [0.1, 0.15) is 5.82 Å². The van der Waals surface area contributed by atoms with Gasteiger partial charge in [-0.2, -0.15) is 0 Å². The van der Waals surface area contributed by atoms with Crippen molar-refractivity contribution in [2.24, 2.45) is 0 Å².